The first-order valence-corrected chi connectivity index (χ1v) is 5.92. The number of hydrogen-bond acceptors (Lipinski definition) is 2. The molecule has 3 nitrogen and oxygen atoms in total. The molecule has 2 N–H and O–H groups in total. The first-order chi connectivity index (χ1) is 7.08. The van der Waals surface area contributed by atoms with Crippen LogP contribution in [0.15, 0.2) is 6.07 Å². The van der Waals surface area contributed by atoms with Crippen LogP contribution in [0.2, 0.25) is 0 Å². The van der Waals surface area contributed by atoms with E-state index in [0.29, 0.717) is 12.0 Å². The standard InChI is InChI=1S/C12H21N3/c1-8(2)6-10-7-12(9(3)13)15(14-10)11-4-5-11/h7-9,11H,4-6,13H2,1-3H3/t9-/m1/s1. The lowest BCUT2D eigenvalue weighted by Gasteiger charge is -2.07. The van der Waals surface area contributed by atoms with E-state index in [-0.39, 0.29) is 6.04 Å². The second kappa shape index (κ2) is 3.97. The zero-order valence-corrected chi connectivity index (χ0v) is 9.90. The molecule has 0 bridgehead atoms. The van der Waals surface area contributed by atoms with Crippen LogP contribution in [0.3, 0.4) is 0 Å². The summed E-state index contributed by atoms with van der Waals surface area (Å²) in [7, 11) is 0. The van der Waals surface area contributed by atoms with Gasteiger partial charge in [-0.05, 0) is 38.2 Å². The van der Waals surface area contributed by atoms with Gasteiger partial charge in [0.15, 0.2) is 0 Å². The average molecular weight is 207 g/mol. The summed E-state index contributed by atoms with van der Waals surface area (Å²) < 4.78 is 2.16. The molecule has 0 spiro atoms. The summed E-state index contributed by atoms with van der Waals surface area (Å²) in [5.74, 6) is 0.661. The molecule has 0 aliphatic heterocycles. The van der Waals surface area contributed by atoms with E-state index < -0.39 is 0 Å². The second-order valence-electron chi connectivity index (χ2n) is 5.12. The predicted octanol–water partition coefficient (Wildman–Crippen LogP) is 2.44. The van der Waals surface area contributed by atoms with Gasteiger partial charge >= 0.3 is 0 Å². The van der Waals surface area contributed by atoms with Crippen molar-refractivity contribution in [3.05, 3.63) is 17.5 Å². The third kappa shape index (κ3) is 2.40. The number of aromatic nitrogens is 2. The van der Waals surface area contributed by atoms with Crippen molar-refractivity contribution in [1.82, 2.24) is 9.78 Å². The summed E-state index contributed by atoms with van der Waals surface area (Å²) in [6.07, 6.45) is 3.59. The molecule has 3 heteroatoms. The molecule has 0 saturated heterocycles. The zero-order valence-electron chi connectivity index (χ0n) is 9.90. The van der Waals surface area contributed by atoms with Crippen molar-refractivity contribution < 1.29 is 0 Å². The molecule has 1 heterocycles. The summed E-state index contributed by atoms with van der Waals surface area (Å²) >= 11 is 0. The Morgan fingerprint density at radius 1 is 1.47 bits per heavy atom. The number of hydrogen-bond donors (Lipinski definition) is 1. The van der Waals surface area contributed by atoms with Crippen LogP contribution < -0.4 is 5.73 Å². The molecule has 1 aliphatic rings. The Labute approximate surface area is 91.7 Å². The highest BCUT2D eigenvalue weighted by Crippen LogP contribution is 2.36. The van der Waals surface area contributed by atoms with Gasteiger partial charge in [-0.3, -0.25) is 4.68 Å². The summed E-state index contributed by atoms with van der Waals surface area (Å²) in [5.41, 5.74) is 8.36. The highest BCUT2D eigenvalue weighted by Gasteiger charge is 2.28. The molecule has 84 valence electrons. The highest BCUT2D eigenvalue weighted by molar-refractivity contribution is 5.16. The molecule has 0 aromatic carbocycles. The zero-order chi connectivity index (χ0) is 11.0. The Hall–Kier alpha value is -0.830. The summed E-state index contributed by atoms with van der Waals surface area (Å²) in [6, 6.07) is 2.91. The van der Waals surface area contributed by atoms with Gasteiger partial charge < -0.3 is 5.73 Å². The summed E-state index contributed by atoms with van der Waals surface area (Å²) in [4.78, 5) is 0. The number of nitrogens with zero attached hydrogens (tertiary/aromatic N) is 2. The highest BCUT2D eigenvalue weighted by atomic mass is 15.3. The van der Waals surface area contributed by atoms with Gasteiger partial charge in [0.25, 0.3) is 0 Å². The van der Waals surface area contributed by atoms with Crippen molar-refractivity contribution >= 4 is 0 Å². The van der Waals surface area contributed by atoms with Gasteiger partial charge in [0, 0.05) is 6.04 Å². The Kier molecular flexibility index (Phi) is 2.83. The number of rotatable bonds is 4. The van der Waals surface area contributed by atoms with Crippen molar-refractivity contribution in [1.29, 1.82) is 0 Å². The maximum absolute atomic E-state index is 5.96. The molecule has 1 aromatic rings. The van der Waals surface area contributed by atoms with E-state index in [1.165, 1.54) is 24.2 Å². The van der Waals surface area contributed by atoms with E-state index in [1.54, 1.807) is 0 Å². The fourth-order valence-electron chi connectivity index (χ4n) is 1.93. The van der Waals surface area contributed by atoms with Crippen molar-refractivity contribution in [3.8, 4) is 0 Å². The lowest BCUT2D eigenvalue weighted by atomic mass is 10.1. The Balaban J connectivity index is 2.23. The molecule has 0 radical (unpaired) electrons. The molecule has 1 saturated carbocycles. The lowest BCUT2D eigenvalue weighted by Crippen LogP contribution is -2.12. The minimum atomic E-state index is 0.0963. The van der Waals surface area contributed by atoms with Crippen molar-refractivity contribution in [2.75, 3.05) is 0 Å². The summed E-state index contributed by atoms with van der Waals surface area (Å²) in [6.45, 7) is 6.48. The van der Waals surface area contributed by atoms with Gasteiger partial charge in [-0.2, -0.15) is 5.10 Å². The van der Waals surface area contributed by atoms with Crippen molar-refractivity contribution in [2.24, 2.45) is 11.7 Å². The topological polar surface area (TPSA) is 43.8 Å². The first-order valence-electron chi connectivity index (χ1n) is 5.92. The monoisotopic (exact) mass is 207 g/mol. The van der Waals surface area contributed by atoms with E-state index in [4.69, 9.17) is 5.73 Å². The minimum absolute atomic E-state index is 0.0963. The van der Waals surface area contributed by atoms with Gasteiger partial charge in [-0.1, -0.05) is 13.8 Å². The molecule has 1 atom stereocenters. The van der Waals surface area contributed by atoms with Gasteiger partial charge in [0.05, 0.1) is 17.4 Å². The third-order valence-corrected chi connectivity index (χ3v) is 2.79. The smallest absolute Gasteiger partial charge is 0.0630 e. The molecule has 1 fully saturated rings. The largest absolute Gasteiger partial charge is 0.323 e. The van der Waals surface area contributed by atoms with E-state index in [2.05, 4.69) is 29.7 Å². The Bertz CT molecular complexity index is 315. The second-order valence-corrected chi connectivity index (χ2v) is 5.12. The first kappa shape index (κ1) is 10.7. The van der Waals surface area contributed by atoms with Crippen LogP contribution >= 0.6 is 0 Å². The van der Waals surface area contributed by atoms with Crippen LogP contribution in [-0.4, -0.2) is 9.78 Å². The van der Waals surface area contributed by atoms with Gasteiger partial charge in [0.1, 0.15) is 0 Å². The molecular formula is C12H21N3. The maximum atomic E-state index is 5.96. The molecule has 0 amide bonds. The molecule has 1 aliphatic carbocycles. The van der Waals surface area contributed by atoms with E-state index in [0.717, 1.165) is 6.42 Å². The van der Waals surface area contributed by atoms with E-state index >= 15 is 0 Å². The van der Waals surface area contributed by atoms with Crippen LogP contribution in [-0.2, 0) is 6.42 Å². The van der Waals surface area contributed by atoms with E-state index in [1.807, 2.05) is 6.92 Å². The Morgan fingerprint density at radius 2 is 2.13 bits per heavy atom. The molecule has 1 aromatic heterocycles. The number of nitrogens with two attached hydrogens (primary N) is 1. The van der Waals surface area contributed by atoms with Gasteiger partial charge in [0.2, 0.25) is 0 Å². The average Bonchev–Trinajstić information content (AvgIpc) is 2.87. The van der Waals surface area contributed by atoms with Crippen molar-refractivity contribution in [3.63, 3.8) is 0 Å². The third-order valence-electron chi connectivity index (χ3n) is 2.79. The fraction of sp³-hybridized carbons (Fsp3) is 0.750. The van der Waals surface area contributed by atoms with Crippen LogP contribution in [0.1, 0.15) is 57.1 Å². The normalized spacial score (nSPS) is 18.5. The predicted molar refractivity (Wildman–Crippen MR) is 61.6 cm³/mol. The van der Waals surface area contributed by atoms with Gasteiger partial charge in [-0.15, -0.1) is 0 Å². The molecule has 2 rings (SSSR count). The maximum Gasteiger partial charge on any atom is 0.0630 e. The Morgan fingerprint density at radius 3 is 2.60 bits per heavy atom. The van der Waals surface area contributed by atoms with Crippen LogP contribution in [0.5, 0.6) is 0 Å². The fourth-order valence-corrected chi connectivity index (χ4v) is 1.93. The minimum Gasteiger partial charge on any atom is -0.323 e. The molecular weight excluding hydrogens is 186 g/mol. The molecule has 15 heavy (non-hydrogen) atoms. The lowest BCUT2D eigenvalue weighted by molar-refractivity contribution is 0.559. The summed E-state index contributed by atoms with van der Waals surface area (Å²) in [5, 5.41) is 4.67. The van der Waals surface area contributed by atoms with Crippen LogP contribution in [0.25, 0.3) is 0 Å². The van der Waals surface area contributed by atoms with Gasteiger partial charge in [-0.25, -0.2) is 0 Å². The van der Waals surface area contributed by atoms with Crippen LogP contribution in [0, 0.1) is 5.92 Å². The van der Waals surface area contributed by atoms with Crippen LogP contribution in [0.4, 0.5) is 0 Å². The SMILES string of the molecule is CC(C)Cc1cc([C@@H](C)N)n(C2CC2)n1. The quantitative estimate of drug-likeness (QED) is 0.824. The van der Waals surface area contributed by atoms with Crippen molar-refractivity contribution in [2.45, 2.75) is 52.1 Å². The van der Waals surface area contributed by atoms with E-state index in [9.17, 15) is 0 Å². The molecule has 0 unspecified atom stereocenters.